The summed E-state index contributed by atoms with van der Waals surface area (Å²) in [6, 6.07) is 14.9. The van der Waals surface area contributed by atoms with E-state index in [0.717, 1.165) is 16.5 Å². The molecule has 0 aliphatic rings. The Hall–Kier alpha value is -2.86. The second-order valence-electron chi connectivity index (χ2n) is 5.85. The molecule has 0 fully saturated rings. The summed E-state index contributed by atoms with van der Waals surface area (Å²) in [6.07, 6.45) is 2.20. The number of aromatic nitrogens is 1. The number of allylic oxidation sites excluding steroid dienone is 1. The Balaban J connectivity index is 2.18. The van der Waals surface area contributed by atoms with Crippen LogP contribution < -0.4 is 10.3 Å². The lowest BCUT2D eigenvalue weighted by atomic mass is 10.0. The van der Waals surface area contributed by atoms with Crippen molar-refractivity contribution >= 4 is 26.6 Å². The van der Waals surface area contributed by atoms with E-state index in [9.17, 15) is 13.2 Å². The Labute approximate surface area is 152 Å². The van der Waals surface area contributed by atoms with Crippen LogP contribution in [0.15, 0.2) is 76.9 Å². The summed E-state index contributed by atoms with van der Waals surface area (Å²) < 4.78 is 29.7. The number of anilines is 1. The smallest absolute Gasteiger partial charge is 0.261 e. The van der Waals surface area contributed by atoms with Gasteiger partial charge in [-0.2, -0.15) is 0 Å². The summed E-state index contributed by atoms with van der Waals surface area (Å²) in [7, 11) is -3.70. The molecule has 0 radical (unpaired) electrons. The molecule has 5 nitrogen and oxygen atoms in total. The zero-order valence-electron chi connectivity index (χ0n) is 14.5. The van der Waals surface area contributed by atoms with Gasteiger partial charge in [-0.05, 0) is 49.2 Å². The minimum absolute atomic E-state index is 0.0813. The van der Waals surface area contributed by atoms with E-state index in [2.05, 4.69) is 11.3 Å². The van der Waals surface area contributed by atoms with Gasteiger partial charge < -0.3 is 4.57 Å². The van der Waals surface area contributed by atoms with Gasteiger partial charge in [0.05, 0.1) is 16.1 Å². The molecule has 0 amide bonds. The fraction of sp³-hybridized carbons (Fsp3) is 0.150. The molecule has 0 saturated heterocycles. The lowest BCUT2D eigenvalue weighted by Crippen LogP contribution is -2.19. The molecule has 2 aromatic carbocycles. The molecule has 0 saturated carbocycles. The zero-order valence-corrected chi connectivity index (χ0v) is 15.3. The molecule has 26 heavy (non-hydrogen) atoms. The van der Waals surface area contributed by atoms with Gasteiger partial charge in [-0.25, -0.2) is 8.42 Å². The van der Waals surface area contributed by atoms with E-state index >= 15 is 0 Å². The van der Waals surface area contributed by atoms with Crippen molar-refractivity contribution in [2.45, 2.75) is 24.8 Å². The van der Waals surface area contributed by atoms with Gasteiger partial charge in [-0.1, -0.05) is 24.3 Å². The SMILES string of the molecule is C=CCc1c(NS(=O)(=O)c2ccccc2)ccc2c1ccc(=O)n2CC. The van der Waals surface area contributed by atoms with Gasteiger partial charge in [-0.3, -0.25) is 9.52 Å². The first-order valence-electron chi connectivity index (χ1n) is 8.32. The van der Waals surface area contributed by atoms with Crippen LogP contribution in [0.5, 0.6) is 0 Å². The van der Waals surface area contributed by atoms with Crippen LogP contribution in [0, 0.1) is 0 Å². The molecule has 0 spiro atoms. The second kappa shape index (κ2) is 7.17. The molecule has 0 aliphatic heterocycles. The molecule has 1 heterocycles. The molecular formula is C20H20N2O3S. The average molecular weight is 368 g/mol. The highest BCUT2D eigenvalue weighted by Gasteiger charge is 2.17. The maximum Gasteiger partial charge on any atom is 0.261 e. The van der Waals surface area contributed by atoms with E-state index < -0.39 is 10.0 Å². The number of aryl methyl sites for hydroxylation is 1. The minimum Gasteiger partial charge on any atom is -0.309 e. The van der Waals surface area contributed by atoms with Crippen molar-refractivity contribution in [3.8, 4) is 0 Å². The fourth-order valence-corrected chi connectivity index (χ4v) is 4.14. The molecule has 3 aromatic rings. The van der Waals surface area contributed by atoms with E-state index in [0.29, 0.717) is 18.7 Å². The van der Waals surface area contributed by atoms with Crippen LogP contribution in [0.2, 0.25) is 0 Å². The van der Waals surface area contributed by atoms with E-state index in [-0.39, 0.29) is 10.5 Å². The minimum atomic E-state index is -3.70. The third kappa shape index (κ3) is 3.28. The number of nitrogens with one attached hydrogen (secondary N) is 1. The molecule has 0 unspecified atom stereocenters. The van der Waals surface area contributed by atoms with Crippen molar-refractivity contribution in [1.29, 1.82) is 0 Å². The lowest BCUT2D eigenvalue weighted by Gasteiger charge is -2.16. The lowest BCUT2D eigenvalue weighted by molar-refractivity contribution is 0.601. The first-order chi connectivity index (χ1) is 12.5. The second-order valence-corrected chi connectivity index (χ2v) is 7.53. The van der Waals surface area contributed by atoms with Crippen molar-refractivity contribution < 1.29 is 8.42 Å². The molecule has 0 bridgehead atoms. The molecule has 3 rings (SSSR count). The van der Waals surface area contributed by atoms with Crippen molar-refractivity contribution in [2.24, 2.45) is 0 Å². The summed E-state index contributed by atoms with van der Waals surface area (Å²) >= 11 is 0. The Morgan fingerprint density at radius 1 is 1.08 bits per heavy atom. The predicted octanol–water partition coefficient (Wildman–Crippen LogP) is 3.55. The van der Waals surface area contributed by atoms with Gasteiger partial charge in [0.2, 0.25) is 0 Å². The van der Waals surface area contributed by atoms with Gasteiger partial charge in [-0.15, -0.1) is 6.58 Å². The fourth-order valence-electron chi connectivity index (χ4n) is 3.03. The number of hydrogen-bond donors (Lipinski definition) is 1. The van der Waals surface area contributed by atoms with Gasteiger partial charge in [0.15, 0.2) is 0 Å². The average Bonchev–Trinajstić information content (AvgIpc) is 2.64. The Morgan fingerprint density at radius 3 is 2.46 bits per heavy atom. The molecule has 0 atom stereocenters. The number of nitrogens with zero attached hydrogens (tertiary/aromatic N) is 1. The Morgan fingerprint density at radius 2 is 1.81 bits per heavy atom. The first-order valence-corrected chi connectivity index (χ1v) is 9.80. The molecule has 1 N–H and O–H groups in total. The van der Waals surface area contributed by atoms with Gasteiger partial charge in [0, 0.05) is 18.0 Å². The largest absolute Gasteiger partial charge is 0.309 e. The van der Waals surface area contributed by atoms with Crippen molar-refractivity contribution in [3.63, 3.8) is 0 Å². The predicted molar refractivity (Wildman–Crippen MR) is 105 cm³/mol. The molecule has 0 aliphatic carbocycles. The summed E-state index contributed by atoms with van der Waals surface area (Å²) in [4.78, 5) is 12.3. The number of sulfonamides is 1. The number of hydrogen-bond acceptors (Lipinski definition) is 3. The highest BCUT2D eigenvalue weighted by molar-refractivity contribution is 7.92. The highest BCUT2D eigenvalue weighted by Crippen LogP contribution is 2.28. The van der Waals surface area contributed by atoms with Crippen molar-refractivity contribution in [2.75, 3.05) is 4.72 Å². The van der Waals surface area contributed by atoms with Crippen LogP contribution in [0.25, 0.3) is 10.9 Å². The summed E-state index contributed by atoms with van der Waals surface area (Å²) in [5.74, 6) is 0. The summed E-state index contributed by atoms with van der Waals surface area (Å²) in [5, 5.41) is 0.833. The van der Waals surface area contributed by atoms with E-state index in [4.69, 9.17) is 0 Å². The van der Waals surface area contributed by atoms with Gasteiger partial charge >= 0.3 is 0 Å². The van der Waals surface area contributed by atoms with Crippen LogP contribution in [-0.2, 0) is 23.0 Å². The van der Waals surface area contributed by atoms with Crippen LogP contribution in [0.4, 0.5) is 5.69 Å². The molecule has 1 aromatic heterocycles. The third-order valence-electron chi connectivity index (χ3n) is 4.25. The van der Waals surface area contributed by atoms with E-state index in [1.807, 2.05) is 6.92 Å². The van der Waals surface area contributed by atoms with Crippen LogP contribution in [-0.4, -0.2) is 13.0 Å². The maximum atomic E-state index is 12.7. The number of rotatable bonds is 6. The van der Waals surface area contributed by atoms with Gasteiger partial charge in [0.25, 0.3) is 15.6 Å². The quantitative estimate of drug-likeness (QED) is 0.677. The maximum absolute atomic E-state index is 12.7. The van der Waals surface area contributed by atoms with Crippen molar-refractivity contribution in [1.82, 2.24) is 4.57 Å². The normalized spacial score (nSPS) is 11.4. The van der Waals surface area contributed by atoms with Crippen LogP contribution in [0.1, 0.15) is 12.5 Å². The van der Waals surface area contributed by atoms with Crippen molar-refractivity contribution in [3.05, 3.63) is 83.2 Å². The highest BCUT2D eigenvalue weighted by atomic mass is 32.2. The van der Waals surface area contributed by atoms with E-state index in [1.54, 1.807) is 59.2 Å². The molecule has 134 valence electrons. The van der Waals surface area contributed by atoms with E-state index in [1.165, 1.54) is 6.07 Å². The molecular weight excluding hydrogens is 348 g/mol. The number of pyridine rings is 1. The standard InChI is InChI=1S/C20H20N2O3S/c1-3-8-16-17-11-14-20(23)22(4-2)19(17)13-12-18(16)21-26(24,25)15-9-6-5-7-10-15/h3,5-7,9-14,21H,1,4,8H2,2H3. The first kappa shape index (κ1) is 17.9. The number of benzene rings is 2. The third-order valence-corrected chi connectivity index (χ3v) is 5.63. The number of fused-ring (bicyclic) bond motifs is 1. The molecule has 6 heteroatoms. The topological polar surface area (TPSA) is 68.2 Å². The summed E-state index contributed by atoms with van der Waals surface area (Å²) in [5.41, 5.74) is 1.98. The Bertz CT molecular complexity index is 1120. The monoisotopic (exact) mass is 368 g/mol. The van der Waals surface area contributed by atoms with Gasteiger partial charge in [0.1, 0.15) is 0 Å². The van der Waals surface area contributed by atoms with Crippen LogP contribution >= 0.6 is 0 Å². The zero-order chi connectivity index (χ0) is 18.7. The van der Waals surface area contributed by atoms with Crippen LogP contribution in [0.3, 0.4) is 0 Å². The Kier molecular flexibility index (Phi) is 4.95. The summed E-state index contributed by atoms with van der Waals surface area (Å²) in [6.45, 7) is 6.22.